The molecule has 0 saturated carbocycles. The highest BCUT2D eigenvalue weighted by molar-refractivity contribution is 5.79. The molecule has 2 heteroatoms. The minimum atomic E-state index is 0.355. The molecule has 15 heavy (non-hydrogen) atoms. The summed E-state index contributed by atoms with van der Waals surface area (Å²) in [7, 11) is 0. The molecule has 0 N–H and O–H groups in total. The van der Waals surface area contributed by atoms with E-state index < -0.39 is 0 Å². The Morgan fingerprint density at radius 2 is 2.20 bits per heavy atom. The Morgan fingerprint density at radius 3 is 2.80 bits per heavy atom. The van der Waals surface area contributed by atoms with Crippen molar-refractivity contribution in [2.45, 2.75) is 45.4 Å². The maximum Gasteiger partial charge on any atom is 0.226 e. The van der Waals surface area contributed by atoms with E-state index in [4.69, 9.17) is 0 Å². The van der Waals surface area contributed by atoms with Crippen molar-refractivity contribution in [3.63, 3.8) is 0 Å². The highest BCUT2D eigenvalue weighted by Gasteiger charge is 2.20. The van der Waals surface area contributed by atoms with E-state index in [-0.39, 0.29) is 0 Å². The van der Waals surface area contributed by atoms with E-state index in [1.54, 1.807) is 0 Å². The van der Waals surface area contributed by atoms with Crippen LogP contribution in [0, 0.1) is 5.92 Å². The van der Waals surface area contributed by atoms with Crippen LogP contribution in [0.25, 0.3) is 0 Å². The first-order chi connectivity index (χ1) is 7.25. The van der Waals surface area contributed by atoms with Crippen molar-refractivity contribution in [2.75, 3.05) is 13.1 Å². The molecule has 1 amide bonds. The third kappa shape index (κ3) is 2.83. The molecule has 1 heterocycles. The Morgan fingerprint density at radius 1 is 1.47 bits per heavy atom. The van der Waals surface area contributed by atoms with Gasteiger partial charge in [-0.1, -0.05) is 18.6 Å². The normalized spacial score (nSPS) is 26.6. The number of nitrogens with zero attached hydrogens (tertiary/aromatic N) is 1. The number of allylic oxidation sites excluding steroid dienone is 1. The maximum atomic E-state index is 11.9. The van der Waals surface area contributed by atoms with Crippen LogP contribution in [0.1, 0.15) is 45.4 Å². The van der Waals surface area contributed by atoms with E-state index in [2.05, 4.69) is 13.0 Å². The number of carbonyl (C=O) groups is 1. The summed E-state index contributed by atoms with van der Waals surface area (Å²) in [5.74, 6) is 1.17. The van der Waals surface area contributed by atoms with Crippen molar-refractivity contribution in [3.05, 3.63) is 11.6 Å². The van der Waals surface area contributed by atoms with Gasteiger partial charge in [-0.25, -0.2) is 0 Å². The van der Waals surface area contributed by atoms with Gasteiger partial charge in [0.25, 0.3) is 0 Å². The molecule has 1 fully saturated rings. The summed E-state index contributed by atoms with van der Waals surface area (Å²) in [4.78, 5) is 13.9. The van der Waals surface area contributed by atoms with E-state index in [1.807, 2.05) is 4.90 Å². The SMILES string of the molecule is CC1CC=C(CC(=O)N2CCCC2)CC1. The fourth-order valence-corrected chi connectivity index (χ4v) is 2.45. The van der Waals surface area contributed by atoms with Crippen molar-refractivity contribution < 1.29 is 4.79 Å². The van der Waals surface area contributed by atoms with E-state index >= 15 is 0 Å². The van der Waals surface area contributed by atoms with E-state index in [0.717, 1.165) is 25.4 Å². The van der Waals surface area contributed by atoms with Gasteiger partial charge >= 0.3 is 0 Å². The third-order valence-corrected chi connectivity index (χ3v) is 3.60. The molecule has 0 bridgehead atoms. The fourth-order valence-electron chi connectivity index (χ4n) is 2.45. The lowest BCUT2D eigenvalue weighted by Crippen LogP contribution is -2.28. The van der Waals surface area contributed by atoms with Gasteiger partial charge in [0.05, 0.1) is 0 Å². The smallest absolute Gasteiger partial charge is 0.226 e. The van der Waals surface area contributed by atoms with Crippen molar-refractivity contribution in [1.82, 2.24) is 4.90 Å². The first-order valence-corrected chi connectivity index (χ1v) is 6.21. The molecule has 0 aromatic heterocycles. The van der Waals surface area contributed by atoms with Crippen LogP contribution in [0.15, 0.2) is 11.6 Å². The molecule has 84 valence electrons. The minimum Gasteiger partial charge on any atom is -0.342 e. The summed E-state index contributed by atoms with van der Waals surface area (Å²) in [5, 5.41) is 0. The van der Waals surface area contributed by atoms with Gasteiger partial charge in [-0.2, -0.15) is 0 Å². The summed E-state index contributed by atoms with van der Waals surface area (Å²) in [6.45, 7) is 4.26. The fraction of sp³-hybridized carbons (Fsp3) is 0.769. The van der Waals surface area contributed by atoms with E-state index in [0.29, 0.717) is 12.3 Å². The minimum absolute atomic E-state index is 0.355. The summed E-state index contributed by atoms with van der Waals surface area (Å²) in [6.07, 6.45) is 8.95. The molecule has 0 aromatic rings. The average Bonchev–Trinajstić information content (AvgIpc) is 2.74. The summed E-state index contributed by atoms with van der Waals surface area (Å²) in [5.41, 5.74) is 1.38. The number of amides is 1. The second kappa shape index (κ2) is 4.82. The molecule has 1 unspecified atom stereocenters. The predicted molar refractivity (Wildman–Crippen MR) is 61.5 cm³/mol. The lowest BCUT2D eigenvalue weighted by Gasteiger charge is -2.20. The van der Waals surface area contributed by atoms with Crippen LogP contribution in [-0.2, 0) is 4.79 Å². The summed E-state index contributed by atoms with van der Waals surface area (Å²) < 4.78 is 0. The highest BCUT2D eigenvalue weighted by Crippen LogP contribution is 2.25. The van der Waals surface area contributed by atoms with Crippen molar-refractivity contribution >= 4 is 5.91 Å². The highest BCUT2D eigenvalue weighted by atomic mass is 16.2. The van der Waals surface area contributed by atoms with Crippen molar-refractivity contribution in [1.29, 1.82) is 0 Å². The molecule has 0 spiro atoms. The number of likely N-dealkylation sites (tertiary alicyclic amines) is 1. The number of carbonyl (C=O) groups excluding carboxylic acids is 1. The first kappa shape index (κ1) is 10.7. The average molecular weight is 207 g/mol. The monoisotopic (exact) mass is 207 g/mol. The first-order valence-electron chi connectivity index (χ1n) is 6.21. The lowest BCUT2D eigenvalue weighted by atomic mass is 9.89. The Balaban J connectivity index is 1.83. The molecule has 2 aliphatic rings. The van der Waals surface area contributed by atoms with Gasteiger partial charge in [0.2, 0.25) is 5.91 Å². The zero-order chi connectivity index (χ0) is 10.7. The van der Waals surface area contributed by atoms with Gasteiger partial charge in [-0.05, 0) is 38.0 Å². The van der Waals surface area contributed by atoms with Gasteiger partial charge in [0.1, 0.15) is 0 Å². The molecular weight excluding hydrogens is 186 g/mol. The molecule has 2 nitrogen and oxygen atoms in total. The largest absolute Gasteiger partial charge is 0.342 e. The quantitative estimate of drug-likeness (QED) is 0.638. The van der Waals surface area contributed by atoms with E-state index in [1.165, 1.54) is 31.3 Å². The van der Waals surface area contributed by atoms with Gasteiger partial charge in [-0.3, -0.25) is 4.79 Å². The van der Waals surface area contributed by atoms with Gasteiger partial charge in [0.15, 0.2) is 0 Å². The van der Waals surface area contributed by atoms with Crippen LogP contribution in [0.4, 0.5) is 0 Å². The third-order valence-electron chi connectivity index (χ3n) is 3.60. The standard InChI is InChI=1S/C13H21NO/c1-11-4-6-12(7-5-11)10-13(15)14-8-2-3-9-14/h6,11H,2-5,7-10H2,1H3. The zero-order valence-electron chi connectivity index (χ0n) is 9.67. The molecule has 1 aliphatic heterocycles. The molecule has 1 saturated heterocycles. The van der Waals surface area contributed by atoms with Gasteiger partial charge < -0.3 is 4.90 Å². The van der Waals surface area contributed by atoms with Crippen LogP contribution < -0.4 is 0 Å². The van der Waals surface area contributed by atoms with Crippen LogP contribution in [0.5, 0.6) is 0 Å². The predicted octanol–water partition coefficient (Wildman–Crippen LogP) is 2.75. The van der Waals surface area contributed by atoms with Crippen molar-refractivity contribution in [3.8, 4) is 0 Å². The second-order valence-corrected chi connectivity index (χ2v) is 5.01. The van der Waals surface area contributed by atoms with Crippen LogP contribution in [0.2, 0.25) is 0 Å². The molecule has 0 aromatic carbocycles. The van der Waals surface area contributed by atoms with Crippen LogP contribution >= 0.6 is 0 Å². The van der Waals surface area contributed by atoms with Crippen LogP contribution in [0.3, 0.4) is 0 Å². The Kier molecular flexibility index (Phi) is 3.45. The number of hydrogen-bond acceptors (Lipinski definition) is 1. The van der Waals surface area contributed by atoms with Crippen molar-refractivity contribution in [2.24, 2.45) is 5.92 Å². The lowest BCUT2D eigenvalue weighted by molar-refractivity contribution is -0.129. The Hall–Kier alpha value is -0.790. The second-order valence-electron chi connectivity index (χ2n) is 5.01. The Bertz CT molecular complexity index is 264. The van der Waals surface area contributed by atoms with Gasteiger partial charge in [-0.15, -0.1) is 0 Å². The molecule has 1 atom stereocenters. The molecule has 0 radical (unpaired) electrons. The van der Waals surface area contributed by atoms with Gasteiger partial charge in [0, 0.05) is 19.5 Å². The maximum absolute atomic E-state index is 11.9. The van der Waals surface area contributed by atoms with E-state index in [9.17, 15) is 4.79 Å². The summed E-state index contributed by atoms with van der Waals surface area (Å²) in [6, 6.07) is 0. The zero-order valence-corrected chi connectivity index (χ0v) is 9.67. The number of hydrogen-bond donors (Lipinski definition) is 0. The summed E-state index contributed by atoms with van der Waals surface area (Å²) >= 11 is 0. The Labute approximate surface area is 92.3 Å². The molecule has 2 rings (SSSR count). The molecule has 1 aliphatic carbocycles. The molecular formula is C13H21NO. The number of rotatable bonds is 2. The topological polar surface area (TPSA) is 20.3 Å². The van der Waals surface area contributed by atoms with Crippen LogP contribution in [-0.4, -0.2) is 23.9 Å².